The molecule has 0 aromatic carbocycles. The lowest BCUT2D eigenvalue weighted by atomic mass is 10.0. The lowest BCUT2D eigenvalue weighted by molar-refractivity contribution is -0.157. The molecule has 1 aromatic rings. The number of hydrogen-bond donors (Lipinski definition) is 1. The van der Waals surface area contributed by atoms with Crippen LogP contribution in [0.2, 0.25) is 0 Å². The fraction of sp³-hybridized carbons (Fsp3) is 0.769. The van der Waals surface area contributed by atoms with Gasteiger partial charge in [-0.15, -0.1) is 0 Å². The second kappa shape index (κ2) is 6.08. The summed E-state index contributed by atoms with van der Waals surface area (Å²) in [6.45, 7) is 6.10. The van der Waals surface area contributed by atoms with Crippen LogP contribution in [0.1, 0.15) is 11.4 Å². The highest BCUT2D eigenvalue weighted by Crippen LogP contribution is 2.20. The van der Waals surface area contributed by atoms with Crippen molar-refractivity contribution in [2.24, 2.45) is 0 Å². The zero-order valence-corrected chi connectivity index (χ0v) is 12.1. The Balaban J connectivity index is 1.65. The van der Waals surface area contributed by atoms with Crippen LogP contribution in [0.5, 0.6) is 0 Å². The van der Waals surface area contributed by atoms with Crippen LogP contribution in [-0.2, 0) is 20.7 Å². The van der Waals surface area contributed by atoms with Gasteiger partial charge in [-0.05, 0) is 6.92 Å². The molecular weight excluding hydrogens is 276 g/mol. The van der Waals surface area contributed by atoms with Gasteiger partial charge in [0.1, 0.15) is 17.0 Å². The molecule has 1 atom stereocenters. The molecule has 116 valence electrons. The smallest absolute Gasteiger partial charge is 0.228 e. The van der Waals surface area contributed by atoms with Gasteiger partial charge in [0.05, 0.1) is 32.8 Å². The van der Waals surface area contributed by atoms with E-state index in [4.69, 9.17) is 9.47 Å². The third kappa shape index (κ3) is 3.22. The number of ether oxygens (including phenoxy) is 2. The predicted octanol–water partition coefficient (Wildman–Crippen LogP) is -0.862. The molecule has 1 unspecified atom stereocenters. The van der Waals surface area contributed by atoms with E-state index in [-0.39, 0.29) is 12.3 Å². The Kier molecular flexibility index (Phi) is 4.18. The largest absolute Gasteiger partial charge is 0.377 e. The van der Waals surface area contributed by atoms with Crippen molar-refractivity contribution >= 4 is 5.91 Å². The zero-order chi connectivity index (χ0) is 14.7. The van der Waals surface area contributed by atoms with E-state index in [0.29, 0.717) is 50.8 Å². The van der Waals surface area contributed by atoms with Gasteiger partial charge in [0.15, 0.2) is 0 Å². The van der Waals surface area contributed by atoms with Crippen molar-refractivity contribution in [3.8, 4) is 0 Å². The highest BCUT2D eigenvalue weighted by molar-refractivity contribution is 5.78. The lowest BCUT2D eigenvalue weighted by Gasteiger charge is -2.41. The summed E-state index contributed by atoms with van der Waals surface area (Å²) in [7, 11) is 0. The molecule has 1 amide bonds. The van der Waals surface area contributed by atoms with Crippen LogP contribution in [0.25, 0.3) is 0 Å². The second-order valence-corrected chi connectivity index (χ2v) is 5.55. The number of nitrogens with zero attached hydrogens (tertiary/aromatic N) is 3. The lowest BCUT2D eigenvalue weighted by Crippen LogP contribution is -2.59. The Morgan fingerprint density at radius 1 is 1.43 bits per heavy atom. The molecule has 3 rings (SSSR count). The van der Waals surface area contributed by atoms with Crippen LogP contribution in [-0.4, -0.2) is 72.7 Å². The minimum Gasteiger partial charge on any atom is -0.377 e. The first-order chi connectivity index (χ1) is 10.2. The Hall–Kier alpha value is -1.51. The Bertz CT molecular complexity index is 496. The summed E-state index contributed by atoms with van der Waals surface area (Å²) >= 11 is 0. The summed E-state index contributed by atoms with van der Waals surface area (Å²) in [6.07, 6.45) is 0.208. The van der Waals surface area contributed by atoms with Gasteiger partial charge in [-0.2, -0.15) is 0 Å². The molecule has 21 heavy (non-hydrogen) atoms. The van der Waals surface area contributed by atoms with E-state index in [1.807, 2.05) is 4.90 Å². The Labute approximate surface area is 122 Å². The van der Waals surface area contributed by atoms with Gasteiger partial charge in [-0.1, -0.05) is 10.3 Å². The SMILES string of the molecule is Cc1nonc1CC(=O)N1CCOC2(CNCCOC2)C1. The Morgan fingerprint density at radius 2 is 2.33 bits per heavy atom. The quantitative estimate of drug-likeness (QED) is 0.759. The van der Waals surface area contributed by atoms with Crippen LogP contribution in [0.4, 0.5) is 0 Å². The molecule has 2 aliphatic heterocycles. The molecular formula is C13H20N4O4. The van der Waals surface area contributed by atoms with Crippen molar-refractivity contribution in [3.63, 3.8) is 0 Å². The van der Waals surface area contributed by atoms with Crippen LogP contribution in [0, 0.1) is 6.92 Å². The molecule has 3 heterocycles. The number of carbonyl (C=O) groups excluding carboxylic acids is 1. The number of morpholine rings is 1. The Morgan fingerprint density at radius 3 is 3.14 bits per heavy atom. The average molecular weight is 296 g/mol. The topological polar surface area (TPSA) is 89.7 Å². The fourth-order valence-corrected chi connectivity index (χ4v) is 2.69. The van der Waals surface area contributed by atoms with Crippen LogP contribution < -0.4 is 5.32 Å². The second-order valence-electron chi connectivity index (χ2n) is 5.55. The van der Waals surface area contributed by atoms with E-state index in [0.717, 1.165) is 6.54 Å². The molecule has 8 nitrogen and oxygen atoms in total. The van der Waals surface area contributed by atoms with Gasteiger partial charge >= 0.3 is 0 Å². The van der Waals surface area contributed by atoms with Crippen molar-refractivity contribution < 1.29 is 18.9 Å². The molecule has 0 bridgehead atoms. The van der Waals surface area contributed by atoms with Gasteiger partial charge in [0.25, 0.3) is 0 Å². The monoisotopic (exact) mass is 296 g/mol. The number of amides is 1. The van der Waals surface area contributed by atoms with E-state index >= 15 is 0 Å². The molecule has 0 saturated carbocycles. The van der Waals surface area contributed by atoms with E-state index in [1.54, 1.807) is 6.92 Å². The molecule has 2 aliphatic rings. The van der Waals surface area contributed by atoms with E-state index in [2.05, 4.69) is 20.3 Å². The molecule has 8 heteroatoms. The maximum Gasteiger partial charge on any atom is 0.228 e. The number of rotatable bonds is 2. The van der Waals surface area contributed by atoms with E-state index in [9.17, 15) is 4.79 Å². The number of nitrogens with one attached hydrogen (secondary N) is 1. The van der Waals surface area contributed by atoms with Crippen LogP contribution in [0.15, 0.2) is 4.63 Å². The molecule has 0 radical (unpaired) electrons. The van der Waals surface area contributed by atoms with Crippen molar-refractivity contribution in [1.82, 2.24) is 20.5 Å². The first kappa shape index (κ1) is 14.4. The molecule has 1 spiro atoms. The summed E-state index contributed by atoms with van der Waals surface area (Å²) in [5.74, 6) is 0.0146. The predicted molar refractivity (Wildman–Crippen MR) is 71.7 cm³/mol. The molecule has 1 aromatic heterocycles. The van der Waals surface area contributed by atoms with Crippen molar-refractivity contribution in [2.75, 3.05) is 46.0 Å². The molecule has 0 aliphatic carbocycles. The summed E-state index contributed by atoms with van der Waals surface area (Å²) in [5.41, 5.74) is 0.809. The summed E-state index contributed by atoms with van der Waals surface area (Å²) in [6, 6.07) is 0. The fourth-order valence-electron chi connectivity index (χ4n) is 2.69. The van der Waals surface area contributed by atoms with Crippen molar-refractivity contribution in [1.29, 1.82) is 0 Å². The summed E-state index contributed by atoms with van der Waals surface area (Å²) in [5, 5.41) is 10.8. The highest BCUT2D eigenvalue weighted by Gasteiger charge is 2.39. The standard InChI is InChI=1S/C13H20N4O4/c1-10-11(16-21-15-10)6-12(18)17-3-5-20-13(8-17)7-14-2-4-19-9-13/h14H,2-9H2,1H3. The molecule has 1 N–H and O–H groups in total. The van der Waals surface area contributed by atoms with Crippen LogP contribution >= 0.6 is 0 Å². The van der Waals surface area contributed by atoms with Gasteiger partial charge in [0, 0.05) is 19.6 Å². The molecule has 2 saturated heterocycles. The number of aromatic nitrogens is 2. The normalized spacial score (nSPS) is 26.8. The third-order valence-electron chi connectivity index (χ3n) is 3.90. The maximum atomic E-state index is 12.4. The number of aryl methyl sites for hydroxylation is 1. The van der Waals surface area contributed by atoms with E-state index in [1.165, 1.54) is 0 Å². The third-order valence-corrected chi connectivity index (χ3v) is 3.90. The van der Waals surface area contributed by atoms with Gasteiger partial charge in [-0.3, -0.25) is 4.79 Å². The number of hydrogen-bond acceptors (Lipinski definition) is 7. The first-order valence-corrected chi connectivity index (χ1v) is 7.17. The van der Waals surface area contributed by atoms with Crippen molar-refractivity contribution in [2.45, 2.75) is 18.9 Å². The zero-order valence-electron chi connectivity index (χ0n) is 12.1. The van der Waals surface area contributed by atoms with Gasteiger partial charge < -0.3 is 19.7 Å². The van der Waals surface area contributed by atoms with Gasteiger partial charge in [0.2, 0.25) is 5.91 Å². The number of carbonyl (C=O) groups is 1. The van der Waals surface area contributed by atoms with Gasteiger partial charge in [-0.25, -0.2) is 4.63 Å². The highest BCUT2D eigenvalue weighted by atomic mass is 16.6. The minimum atomic E-state index is -0.443. The van der Waals surface area contributed by atoms with E-state index < -0.39 is 5.60 Å². The van der Waals surface area contributed by atoms with Crippen LogP contribution in [0.3, 0.4) is 0 Å². The molecule has 2 fully saturated rings. The average Bonchev–Trinajstić information content (AvgIpc) is 2.75. The first-order valence-electron chi connectivity index (χ1n) is 7.17. The minimum absolute atomic E-state index is 0.0146. The maximum absolute atomic E-state index is 12.4. The van der Waals surface area contributed by atoms with Crippen molar-refractivity contribution in [3.05, 3.63) is 11.4 Å². The summed E-state index contributed by atoms with van der Waals surface area (Å²) < 4.78 is 16.1. The summed E-state index contributed by atoms with van der Waals surface area (Å²) in [4.78, 5) is 14.2.